The van der Waals surface area contributed by atoms with Crippen molar-refractivity contribution in [1.29, 1.82) is 5.26 Å². The second-order valence-corrected chi connectivity index (χ2v) is 17.8. The lowest BCUT2D eigenvalue weighted by Gasteiger charge is -2.42. The number of carbonyl (C=O) groups is 5. The molecule has 5 saturated heterocycles. The average molecular weight is 835 g/mol. The summed E-state index contributed by atoms with van der Waals surface area (Å²) in [5.74, 6) is -2.19. The molecular formula is C45H48ClFN8O5. The highest BCUT2D eigenvalue weighted by Crippen LogP contribution is 2.43. The number of hydrogen-bond donors (Lipinski definition) is 1. The number of nitrogens with zero attached hydrogens (tertiary/aromatic N) is 7. The first-order chi connectivity index (χ1) is 28.9. The number of nitrogens with one attached hydrogen (secondary N) is 1. The van der Waals surface area contributed by atoms with Gasteiger partial charge in [-0.05, 0) is 91.8 Å². The topological polar surface area (TPSA) is 141 Å². The molecule has 0 radical (unpaired) electrons. The summed E-state index contributed by atoms with van der Waals surface area (Å²) in [6, 6.07) is 19.8. The first kappa shape index (κ1) is 39.9. The van der Waals surface area contributed by atoms with E-state index in [1.165, 1.54) is 0 Å². The summed E-state index contributed by atoms with van der Waals surface area (Å²) >= 11 is 6.33. The number of anilines is 3. The van der Waals surface area contributed by atoms with Gasteiger partial charge in [0, 0.05) is 114 Å². The molecule has 1 N–H and O–H groups in total. The zero-order valence-corrected chi connectivity index (χ0v) is 34.3. The van der Waals surface area contributed by atoms with E-state index in [1.807, 2.05) is 34.1 Å². The molecule has 6 heterocycles. The van der Waals surface area contributed by atoms with Crippen molar-refractivity contribution in [2.75, 3.05) is 86.7 Å². The smallest absolute Gasteiger partial charge is 0.262 e. The van der Waals surface area contributed by atoms with Crippen LogP contribution in [0.2, 0.25) is 5.02 Å². The van der Waals surface area contributed by atoms with E-state index >= 15 is 4.39 Å². The van der Waals surface area contributed by atoms with Gasteiger partial charge in [-0.2, -0.15) is 5.26 Å². The van der Waals surface area contributed by atoms with Crippen LogP contribution in [0.5, 0.6) is 0 Å². The fourth-order valence-electron chi connectivity index (χ4n) is 10.1. The summed E-state index contributed by atoms with van der Waals surface area (Å²) in [5.41, 5.74) is 3.36. The van der Waals surface area contributed by atoms with Crippen molar-refractivity contribution in [2.45, 2.75) is 56.7 Å². The summed E-state index contributed by atoms with van der Waals surface area (Å²) in [6.07, 6.45) is 4.06. The van der Waals surface area contributed by atoms with Gasteiger partial charge in [-0.1, -0.05) is 11.6 Å². The Morgan fingerprint density at radius 2 is 1.35 bits per heavy atom. The van der Waals surface area contributed by atoms with Gasteiger partial charge in [-0.3, -0.25) is 39.1 Å². The van der Waals surface area contributed by atoms with E-state index in [1.54, 1.807) is 24.3 Å². The number of rotatable bonds is 7. The quantitative estimate of drug-likeness (QED) is 0.328. The first-order valence-electron chi connectivity index (χ1n) is 21.0. The molecule has 0 aromatic heterocycles. The molecule has 15 heteroatoms. The van der Waals surface area contributed by atoms with E-state index in [9.17, 15) is 29.2 Å². The van der Waals surface area contributed by atoms with Gasteiger partial charge in [0.05, 0.1) is 21.7 Å². The van der Waals surface area contributed by atoms with Crippen molar-refractivity contribution in [3.05, 3.63) is 87.9 Å². The van der Waals surface area contributed by atoms with Gasteiger partial charge in [-0.25, -0.2) is 4.39 Å². The third kappa shape index (κ3) is 7.58. The van der Waals surface area contributed by atoms with Crippen molar-refractivity contribution >= 4 is 58.2 Å². The number of amides is 5. The van der Waals surface area contributed by atoms with Gasteiger partial charge in [0.1, 0.15) is 17.8 Å². The zero-order chi connectivity index (χ0) is 41.8. The van der Waals surface area contributed by atoms with Crippen LogP contribution in [-0.2, 0) is 9.59 Å². The van der Waals surface area contributed by atoms with E-state index in [0.29, 0.717) is 68.3 Å². The Balaban J connectivity index is 0.725. The van der Waals surface area contributed by atoms with Crippen LogP contribution in [0.25, 0.3) is 0 Å². The number of benzene rings is 3. The molecule has 6 aliphatic rings. The summed E-state index contributed by atoms with van der Waals surface area (Å²) in [5, 5.41) is 11.9. The number of alkyl halides is 1. The number of nitriles is 1. The SMILES string of the molecule is N#Cc1ccc(N2CCC3(CCN(c4ccc(C(=O)N5CCN(CC6(F)CCN(c7ccc8c(c7)C(=O)N(C7CCC(=O)NC7=O)C8=O)CC6)CC5)cc4)CC3)C2)cc1Cl. The lowest BCUT2D eigenvalue weighted by atomic mass is 9.77. The standard InChI is InChI=1S/C45H48ClFN8O5/c46-37-26-34(6-3-31(37)27-48)54-18-13-44(28-54)11-16-51(17-12-44)32-4-1-30(2-5-32)41(58)53-23-21-50(22-24-53)29-45(47)14-19-52(20-15-45)33-7-8-35-36(25-33)43(60)55(42(35)59)38-9-10-39(56)49-40(38)57/h1-8,25-26,38H,9-24,28-29H2,(H,49,56,57). The molecule has 1 unspecified atom stereocenters. The second-order valence-electron chi connectivity index (χ2n) is 17.4. The number of halogens is 2. The molecule has 312 valence electrons. The van der Waals surface area contributed by atoms with Gasteiger partial charge in [0.2, 0.25) is 11.8 Å². The largest absolute Gasteiger partial charge is 0.371 e. The predicted octanol–water partition coefficient (Wildman–Crippen LogP) is 4.88. The van der Waals surface area contributed by atoms with Crippen molar-refractivity contribution in [2.24, 2.45) is 5.41 Å². The van der Waals surface area contributed by atoms with Crippen LogP contribution in [0.4, 0.5) is 21.5 Å². The number of piperazine rings is 1. The van der Waals surface area contributed by atoms with Gasteiger partial charge in [0.15, 0.2) is 0 Å². The van der Waals surface area contributed by atoms with Gasteiger partial charge in [-0.15, -0.1) is 0 Å². The van der Waals surface area contributed by atoms with Crippen molar-refractivity contribution in [1.82, 2.24) is 20.0 Å². The Morgan fingerprint density at radius 1 is 0.750 bits per heavy atom. The molecule has 5 fully saturated rings. The zero-order valence-electron chi connectivity index (χ0n) is 33.5. The molecule has 0 bridgehead atoms. The van der Waals surface area contributed by atoms with E-state index in [4.69, 9.17) is 11.6 Å². The monoisotopic (exact) mass is 834 g/mol. The highest BCUT2D eigenvalue weighted by molar-refractivity contribution is 6.32. The summed E-state index contributed by atoms with van der Waals surface area (Å²) in [6.45, 7) is 7.27. The first-order valence-corrected chi connectivity index (χ1v) is 21.4. The van der Waals surface area contributed by atoms with Crippen LogP contribution in [0.15, 0.2) is 60.7 Å². The molecule has 3 aromatic rings. The maximum Gasteiger partial charge on any atom is 0.262 e. The Morgan fingerprint density at radius 3 is 2.02 bits per heavy atom. The van der Waals surface area contributed by atoms with E-state index in [2.05, 4.69) is 38.2 Å². The fraction of sp³-hybridized carbons (Fsp3) is 0.467. The molecule has 13 nitrogen and oxygen atoms in total. The molecule has 60 heavy (non-hydrogen) atoms. The maximum atomic E-state index is 16.3. The fourth-order valence-corrected chi connectivity index (χ4v) is 10.3. The lowest BCUT2D eigenvalue weighted by Crippen LogP contribution is -2.54. The summed E-state index contributed by atoms with van der Waals surface area (Å²) < 4.78 is 16.3. The molecule has 5 amide bonds. The Hall–Kier alpha value is -5.52. The number of piperidine rings is 3. The lowest BCUT2D eigenvalue weighted by molar-refractivity contribution is -0.136. The molecule has 0 saturated carbocycles. The summed E-state index contributed by atoms with van der Waals surface area (Å²) in [7, 11) is 0. The predicted molar refractivity (Wildman–Crippen MR) is 224 cm³/mol. The minimum atomic E-state index is -1.39. The third-order valence-electron chi connectivity index (χ3n) is 13.8. The highest BCUT2D eigenvalue weighted by Gasteiger charge is 2.46. The highest BCUT2D eigenvalue weighted by atomic mass is 35.5. The summed E-state index contributed by atoms with van der Waals surface area (Å²) in [4.78, 5) is 75.8. The number of carbonyl (C=O) groups excluding carboxylic acids is 5. The minimum Gasteiger partial charge on any atom is -0.371 e. The Bertz CT molecular complexity index is 2270. The van der Waals surface area contributed by atoms with Crippen LogP contribution >= 0.6 is 11.6 Å². The number of imide groups is 2. The molecule has 9 rings (SSSR count). The van der Waals surface area contributed by atoms with E-state index in [-0.39, 0.29) is 41.8 Å². The molecule has 0 aliphatic carbocycles. The Kier molecular flexibility index (Phi) is 10.5. The molecule has 6 aliphatic heterocycles. The Labute approximate surface area is 353 Å². The van der Waals surface area contributed by atoms with E-state index in [0.717, 1.165) is 67.4 Å². The van der Waals surface area contributed by atoms with Crippen LogP contribution in [0, 0.1) is 16.7 Å². The molecule has 1 spiro atoms. The third-order valence-corrected chi connectivity index (χ3v) is 14.1. The van der Waals surface area contributed by atoms with Crippen LogP contribution in [0.1, 0.15) is 81.6 Å². The molecule has 3 aromatic carbocycles. The normalized spacial score (nSPS) is 22.9. The maximum absolute atomic E-state index is 16.3. The number of hydrogen-bond acceptors (Lipinski definition) is 10. The average Bonchev–Trinajstić information content (AvgIpc) is 3.78. The van der Waals surface area contributed by atoms with Crippen molar-refractivity contribution in [3.63, 3.8) is 0 Å². The van der Waals surface area contributed by atoms with Gasteiger partial charge in [0.25, 0.3) is 17.7 Å². The minimum absolute atomic E-state index is 0.00854. The number of fused-ring (bicyclic) bond motifs is 1. The van der Waals surface area contributed by atoms with E-state index < -0.39 is 35.3 Å². The van der Waals surface area contributed by atoms with Gasteiger partial charge >= 0.3 is 0 Å². The van der Waals surface area contributed by atoms with Crippen LogP contribution in [-0.4, -0.2) is 128 Å². The molecule has 1 atom stereocenters. The van der Waals surface area contributed by atoms with Crippen molar-refractivity contribution < 1.29 is 28.4 Å². The molecular weight excluding hydrogens is 787 g/mol. The van der Waals surface area contributed by atoms with Crippen LogP contribution in [0.3, 0.4) is 0 Å². The van der Waals surface area contributed by atoms with Crippen molar-refractivity contribution in [3.8, 4) is 6.07 Å². The second kappa shape index (κ2) is 15.8. The van der Waals surface area contributed by atoms with Crippen LogP contribution < -0.4 is 20.0 Å². The van der Waals surface area contributed by atoms with Gasteiger partial charge < -0.3 is 19.6 Å².